The molecule has 0 amide bonds. The van der Waals surface area contributed by atoms with Gasteiger partial charge in [0.2, 0.25) is 0 Å². The van der Waals surface area contributed by atoms with E-state index in [-0.39, 0.29) is 0 Å². The van der Waals surface area contributed by atoms with E-state index in [2.05, 4.69) is 76.1 Å². The Morgan fingerprint density at radius 2 is 1.38 bits per heavy atom. The first-order valence-electron chi connectivity index (χ1n) is 6.77. The summed E-state index contributed by atoms with van der Waals surface area (Å²) < 4.78 is 1.16. The summed E-state index contributed by atoms with van der Waals surface area (Å²) in [7, 11) is 0. The van der Waals surface area contributed by atoms with Crippen LogP contribution in [-0.2, 0) is 0 Å². The lowest BCUT2D eigenvalue weighted by Gasteiger charge is -2.05. The van der Waals surface area contributed by atoms with Crippen LogP contribution in [0.25, 0.3) is 11.1 Å². The molecule has 21 heavy (non-hydrogen) atoms. The first-order chi connectivity index (χ1) is 10.3. The summed E-state index contributed by atoms with van der Waals surface area (Å²) in [6.07, 6.45) is 1.94. The Bertz CT molecular complexity index is 763. The molecule has 0 aliphatic rings. The third-order valence-corrected chi connectivity index (χ3v) is 4.15. The molecule has 0 spiro atoms. The Hall–Kier alpha value is -1.94. The molecule has 0 unspecified atom stereocenters. The maximum absolute atomic E-state index is 4.63. The largest absolute Gasteiger partial charge is 0.255 e. The van der Waals surface area contributed by atoms with Crippen LogP contribution in [0, 0.1) is 3.57 Å². The minimum absolute atomic E-state index is 1.00. The highest BCUT2D eigenvalue weighted by Crippen LogP contribution is 2.24. The predicted octanol–water partition coefficient (Wildman–Crippen LogP) is 5.71. The van der Waals surface area contributed by atoms with Crippen LogP contribution in [0.1, 0.15) is 5.56 Å². The maximum atomic E-state index is 4.63. The highest BCUT2D eigenvalue weighted by molar-refractivity contribution is 14.1. The molecule has 3 aromatic rings. The molecular weight excluding hydrogens is 369 g/mol. The average Bonchev–Trinajstić information content (AvgIpc) is 2.55. The number of benzene rings is 3. The van der Waals surface area contributed by atoms with E-state index in [0.717, 1.165) is 14.8 Å². The van der Waals surface area contributed by atoms with Crippen molar-refractivity contribution in [2.75, 3.05) is 0 Å². The lowest BCUT2D eigenvalue weighted by molar-refractivity contribution is 1.49. The number of para-hydroxylation sites is 1. The molecular formula is C19H14IN. The summed E-state index contributed by atoms with van der Waals surface area (Å²) in [6, 6.07) is 26.9. The van der Waals surface area contributed by atoms with Crippen LogP contribution in [0.3, 0.4) is 0 Å². The molecule has 0 saturated carbocycles. The van der Waals surface area contributed by atoms with Crippen molar-refractivity contribution in [2.45, 2.75) is 0 Å². The van der Waals surface area contributed by atoms with Crippen molar-refractivity contribution in [2.24, 2.45) is 4.99 Å². The van der Waals surface area contributed by atoms with E-state index < -0.39 is 0 Å². The number of hydrogen-bond donors (Lipinski definition) is 0. The monoisotopic (exact) mass is 383 g/mol. The minimum Gasteiger partial charge on any atom is -0.255 e. The maximum Gasteiger partial charge on any atom is 0.0763 e. The lowest BCUT2D eigenvalue weighted by Crippen LogP contribution is -1.87. The molecule has 0 heterocycles. The van der Waals surface area contributed by atoms with Crippen LogP contribution in [0.15, 0.2) is 83.9 Å². The van der Waals surface area contributed by atoms with Crippen LogP contribution >= 0.6 is 22.6 Å². The van der Waals surface area contributed by atoms with Crippen molar-refractivity contribution in [3.05, 3.63) is 88.0 Å². The molecule has 0 aromatic heterocycles. The predicted molar refractivity (Wildman–Crippen MR) is 98.3 cm³/mol. The summed E-state index contributed by atoms with van der Waals surface area (Å²) in [5.41, 5.74) is 4.54. The van der Waals surface area contributed by atoms with Gasteiger partial charge >= 0.3 is 0 Å². The number of halogens is 1. The molecule has 3 aromatic carbocycles. The van der Waals surface area contributed by atoms with Gasteiger partial charge < -0.3 is 0 Å². The second-order valence-electron chi connectivity index (χ2n) is 4.66. The highest BCUT2D eigenvalue weighted by atomic mass is 127. The first-order valence-corrected chi connectivity index (χ1v) is 7.85. The van der Waals surface area contributed by atoms with E-state index in [1.54, 1.807) is 0 Å². The van der Waals surface area contributed by atoms with Gasteiger partial charge in [0.25, 0.3) is 0 Å². The second-order valence-corrected chi connectivity index (χ2v) is 5.83. The van der Waals surface area contributed by atoms with E-state index >= 15 is 0 Å². The number of aliphatic imine (C=N–C) groups is 1. The third-order valence-electron chi connectivity index (χ3n) is 3.24. The molecule has 0 fully saturated rings. The van der Waals surface area contributed by atoms with Gasteiger partial charge in [-0.2, -0.15) is 0 Å². The molecule has 0 N–H and O–H groups in total. The van der Waals surface area contributed by atoms with Crippen molar-refractivity contribution in [3.8, 4) is 11.1 Å². The van der Waals surface area contributed by atoms with E-state index in [4.69, 9.17) is 0 Å². The van der Waals surface area contributed by atoms with Crippen molar-refractivity contribution in [1.82, 2.24) is 0 Å². The fourth-order valence-corrected chi connectivity index (χ4v) is 2.71. The standard InChI is InChI=1S/C19H14IN/c20-18-12-6-7-13-19(18)21-14-16-10-4-5-11-17(16)15-8-2-1-3-9-15/h1-14H. The second kappa shape index (κ2) is 6.68. The topological polar surface area (TPSA) is 12.4 Å². The first kappa shape index (κ1) is 14.0. The van der Waals surface area contributed by atoms with Crippen LogP contribution in [0.5, 0.6) is 0 Å². The van der Waals surface area contributed by atoms with Gasteiger partial charge in [0.1, 0.15) is 0 Å². The zero-order chi connectivity index (χ0) is 14.5. The van der Waals surface area contributed by atoms with E-state index in [9.17, 15) is 0 Å². The number of hydrogen-bond acceptors (Lipinski definition) is 1. The Balaban J connectivity index is 1.99. The van der Waals surface area contributed by atoms with Crippen LogP contribution in [-0.4, -0.2) is 6.21 Å². The smallest absolute Gasteiger partial charge is 0.0763 e. The summed E-state index contributed by atoms with van der Waals surface area (Å²) in [5.74, 6) is 0. The quantitative estimate of drug-likeness (QED) is 0.406. The van der Waals surface area contributed by atoms with Crippen molar-refractivity contribution in [3.63, 3.8) is 0 Å². The van der Waals surface area contributed by atoms with Gasteiger partial charge in [-0.3, -0.25) is 4.99 Å². The SMILES string of the molecule is Ic1ccccc1N=Cc1ccccc1-c1ccccc1. The van der Waals surface area contributed by atoms with Gasteiger partial charge in [0.15, 0.2) is 0 Å². The fourth-order valence-electron chi connectivity index (χ4n) is 2.19. The summed E-state index contributed by atoms with van der Waals surface area (Å²) in [4.78, 5) is 4.63. The van der Waals surface area contributed by atoms with Crippen molar-refractivity contribution in [1.29, 1.82) is 0 Å². The van der Waals surface area contributed by atoms with Gasteiger partial charge in [0.05, 0.1) is 5.69 Å². The van der Waals surface area contributed by atoms with Crippen LogP contribution in [0.2, 0.25) is 0 Å². The van der Waals surface area contributed by atoms with Crippen LogP contribution < -0.4 is 0 Å². The third kappa shape index (κ3) is 3.39. The zero-order valence-electron chi connectivity index (χ0n) is 11.4. The van der Waals surface area contributed by atoms with E-state index in [1.165, 1.54) is 11.1 Å². The summed E-state index contributed by atoms with van der Waals surface area (Å²) >= 11 is 2.31. The molecule has 0 aliphatic carbocycles. The minimum atomic E-state index is 1.00. The van der Waals surface area contributed by atoms with Gasteiger partial charge in [-0.15, -0.1) is 0 Å². The molecule has 0 atom stereocenters. The van der Waals surface area contributed by atoms with E-state index in [0.29, 0.717) is 0 Å². The van der Waals surface area contributed by atoms with Crippen molar-refractivity contribution >= 4 is 34.5 Å². The highest BCUT2D eigenvalue weighted by Gasteiger charge is 2.02. The Morgan fingerprint density at radius 3 is 2.19 bits per heavy atom. The summed E-state index contributed by atoms with van der Waals surface area (Å²) in [6.45, 7) is 0. The average molecular weight is 383 g/mol. The van der Waals surface area contributed by atoms with Gasteiger partial charge in [-0.05, 0) is 45.9 Å². The fraction of sp³-hybridized carbons (Fsp3) is 0. The normalized spacial score (nSPS) is 10.9. The molecule has 0 saturated heterocycles. The van der Waals surface area contributed by atoms with Crippen LogP contribution in [0.4, 0.5) is 5.69 Å². The molecule has 1 nitrogen and oxygen atoms in total. The van der Waals surface area contributed by atoms with Gasteiger partial charge in [-0.25, -0.2) is 0 Å². The molecule has 0 aliphatic heterocycles. The summed E-state index contributed by atoms with van der Waals surface area (Å²) in [5, 5.41) is 0. The Morgan fingerprint density at radius 1 is 0.714 bits per heavy atom. The van der Waals surface area contributed by atoms with Gasteiger partial charge in [0, 0.05) is 15.3 Å². The number of nitrogens with zero attached hydrogens (tertiary/aromatic N) is 1. The number of rotatable bonds is 3. The molecule has 0 bridgehead atoms. The van der Waals surface area contributed by atoms with Gasteiger partial charge in [-0.1, -0.05) is 66.7 Å². The Labute approximate surface area is 138 Å². The molecule has 2 heteroatoms. The van der Waals surface area contributed by atoms with Crippen molar-refractivity contribution < 1.29 is 0 Å². The lowest BCUT2D eigenvalue weighted by atomic mass is 10.0. The van der Waals surface area contributed by atoms with E-state index in [1.807, 2.05) is 36.5 Å². The zero-order valence-corrected chi connectivity index (χ0v) is 13.6. The molecule has 102 valence electrons. The Kier molecular flexibility index (Phi) is 4.46. The molecule has 0 radical (unpaired) electrons. The molecule has 3 rings (SSSR count).